The van der Waals surface area contributed by atoms with Crippen molar-refractivity contribution in [2.45, 2.75) is 41.2 Å². The highest BCUT2D eigenvalue weighted by molar-refractivity contribution is 5.78. The average molecular weight is 236 g/mol. The standard InChI is InChI=1S/C12H18N2O.C2H6/c1-4-14(12(15)10(2)3)9-11-7-5-6-8-13-11;1-2/h5-8,10H,4,9H2,1-3H3;1-2H3. The molecule has 0 aliphatic rings. The van der Waals surface area contributed by atoms with Crippen LogP contribution in [0.1, 0.15) is 40.3 Å². The van der Waals surface area contributed by atoms with Crippen LogP contribution in [0.5, 0.6) is 0 Å². The molecule has 0 N–H and O–H groups in total. The van der Waals surface area contributed by atoms with Crippen LogP contribution in [-0.2, 0) is 11.3 Å². The van der Waals surface area contributed by atoms with Crippen LogP contribution in [0.15, 0.2) is 24.4 Å². The number of pyridine rings is 1. The van der Waals surface area contributed by atoms with Crippen LogP contribution in [0, 0.1) is 5.92 Å². The number of carbonyl (C=O) groups is 1. The van der Waals surface area contributed by atoms with Gasteiger partial charge in [-0.1, -0.05) is 33.8 Å². The van der Waals surface area contributed by atoms with Crippen molar-refractivity contribution in [3.05, 3.63) is 30.1 Å². The summed E-state index contributed by atoms with van der Waals surface area (Å²) in [6.07, 6.45) is 1.75. The lowest BCUT2D eigenvalue weighted by molar-refractivity contribution is -0.134. The average Bonchev–Trinajstić information content (AvgIpc) is 2.38. The van der Waals surface area contributed by atoms with Gasteiger partial charge in [0, 0.05) is 18.7 Å². The van der Waals surface area contributed by atoms with Crippen molar-refractivity contribution >= 4 is 5.91 Å². The van der Waals surface area contributed by atoms with Crippen molar-refractivity contribution in [2.24, 2.45) is 5.92 Å². The van der Waals surface area contributed by atoms with E-state index in [1.807, 2.05) is 57.7 Å². The van der Waals surface area contributed by atoms with Crippen LogP contribution in [0.25, 0.3) is 0 Å². The van der Waals surface area contributed by atoms with Gasteiger partial charge in [-0.05, 0) is 19.1 Å². The molecule has 1 amide bonds. The fourth-order valence-electron chi connectivity index (χ4n) is 1.40. The Labute approximate surface area is 105 Å². The SMILES string of the molecule is CC.CCN(Cc1ccccn1)C(=O)C(C)C. The summed E-state index contributed by atoms with van der Waals surface area (Å²) in [5, 5.41) is 0. The molecule has 0 atom stereocenters. The Hall–Kier alpha value is -1.38. The molecule has 3 heteroatoms. The molecule has 0 bridgehead atoms. The fourth-order valence-corrected chi connectivity index (χ4v) is 1.40. The van der Waals surface area contributed by atoms with E-state index < -0.39 is 0 Å². The van der Waals surface area contributed by atoms with Crippen LogP contribution >= 0.6 is 0 Å². The van der Waals surface area contributed by atoms with Gasteiger partial charge in [0.2, 0.25) is 5.91 Å². The summed E-state index contributed by atoms with van der Waals surface area (Å²) in [7, 11) is 0. The van der Waals surface area contributed by atoms with E-state index in [4.69, 9.17) is 0 Å². The van der Waals surface area contributed by atoms with E-state index in [9.17, 15) is 4.79 Å². The Morgan fingerprint density at radius 2 is 2.00 bits per heavy atom. The lowest BCUT2D eigenvalue weighted by atomic mass is 10.2. The highest BCUT2D eigenvalue weighted by atomic mass is 16.2. The van der Waals surface area contributed by atoms with Crippen LogP contribution < -0.4 is 0 Å². The highest BCUT2D eigenvalue weighted by Crippen LogP contribution is 2.06. The molecule has 1 rings (SSSR count). The van der Waals surface area contributed by atoms with E-state index >= 15 is 0 Å². The Morgan fingerprint density at radius 3 is 2.41 bits per heavy atom. The smallest absolute Gasteiger partial charge is 0.225 e. The Kier molecular flexibility index (Phi) is 8.03. The lowest BCUT2D eigenvalue weighted by Gasteiger charge is -2.22. The second-order valence-electron chi connectivity index (χ2n) is 3.83. The van der Waals surface area contributed by atoms with Gasteiger partial charge in [0.1, 0.15) is 0 Å². The number of nitrogens with zero attached hydrogens (tertiary/aromatic N) is 2. The van der Waals surface area contributed by atoms with Crippen molar-refractivity contribution in [1.29, 1.82) is 0 Å². The molecular formula is C14H24N2O. The van der Waals surface area contributed by atoms with E-state index in [1.165, 1.54) is 0 Å². The monoisotopic (exact) mass is 236 g/mol. The van der Waals surface area contributed by atoms with Gasteiger partial charge in [-0.15, -0.1) is 0 Å². The molecule has 0 saturated carbocycles. The zero-order chi connectivity index (χ0) is 13.3. The van der Waals surface area contributed by atoms with Crippen LogP contribution in [-0.4, -0.2) is 22.3 Å². The van der Waals surface area contributed by atoms with Gasteiger partial charge in [-0.25, -0.2) is 0 Å². The summed E-state index contributed by atoms with van der Waals surface area (Å²) in [6.45, 7) is 11.2. The maximum absolute atomic E-state index is 11.8. The van der Waals surface area contributed by atoms with Crippen molar-refractivity contribution in [2.75, 3.05) is 6.54 Å². The molecule has 0 spiro atoms. The summed E-state index contributed by atoms with van der Waals surface area (Å²) in [4.78, 5) is 17.8. The summed E-state index contributed by atoms with van der Waals surface area (Å²) in [5.41, 5.74) is 0.938. The molecule has 1 aromatic rings. The molecule has 96 valence electrons. The third-order valence-electron chi connectivity index (χ3n) is 2.27. The van der Waals surface area contributed by atoms with Gasteiger partial charge in [0.05, 0.1) is 12.2 Å². The van der Waals surface area contributed by atoms with Gasteiger partial charge in [-0.2, -0.15) is 0 Å². The van der Waals surface area contributed by atoms with E-state index in [2.05, 4.69) is 4.98 Å². The van der Waals surface area contributed by atoms with Gasteiger partial charge in [0.15, 0.2) is 0 Å². The lowest BCUT2D eigenvalue weighted by Crippen LogP contribution is -2.33. The van der Waals surface area contributed by atoms with Crippen molar-refractivity contribution < 1.29 is 4.79 Å². The summed E-state index contributed by atoms with van der Waals surface area (Å²) >= 11 is 0. The first kappa shape index (κ1) is 15.6. The fraction of sp³-hybridized carbons (Fsp3) is 0.571. The Morgan fingerprint density at radius 1 is 1.35 bits per heavy atom. The molecule has 0 fully saturated rings. The van der Waals surface area contributed by atoms with E-state index in [0.29, 0.717) is 6.54 Å². The largest absolute Gasteiger partial charge is 0.337 e. The maximum atomic E-state index is 11.8. The number of carbonyl (C=O) groups excluding carboxylic acids is 1. The van der Waals surface area contributed by atoms with Gasteiger partial charge < -0.3 is 4.90 Å². The molecule has 3 nitrogen and oxygen atoms in total. The first-order chi connectivity index (χ1) is 8.15. The normalized spacial score (nSPS) is 9.53. The van der Waals surface area contributed by atoms with Crippen molar-refractivity contribution in [3.8, 4) is 0 Å². The second kappa shape index (κ2) is 8.74. The van der Waals surface area contributed by atoms with Crippen LogP contribution in [0.3, 0.4) is 0 Å². The minimum absolute atomic E-state index is 0.0497. The molecule has 0 unspecified atom stereocenters. The third-order valence-corrected chi connectivity index (χ3v) is 2.27. The molecule has 0 aromatic carbocycles. The predicted octanol–water partition coefficient (Wildman–Crippen LogP) is 3.11. The number of amides is 1. The highest BCUT2D eigenvalue weighted by Gasteiger charge is 2.15. The molecule has 0 aliphatic carbocycles. The second-order valence-corrected chi connectivity index (χ2v) is 3.83. The quantitative estimate of drug-likeness (QED) is 0.804. The van der Waals surface area contributed by atoms with Crippen LogP contribution in [0.2, 0.25) is 0 Å². The third kappa shape index (κ3) is 5.48. The topological polar surface area (TPSA) is 33.2 Å². The van der Waals surface area contributed by atoms with Gasteiger partial charge in [0.25, 0.3) is 0 Å². The first-order valence-electron chi connectivity index (χ1n) is 6.33. The van der Waals surface area contributed by atoms with Gasteiger partial charge >= 0.3 is 0 Å². The molecule has 1 heterocycles. The number of hydrogen-bond acceptors (Lipinski definition) is 2. The molecule has 17 heavy (non-hydrogen) atoms. The zero-order valence-electron chi connectivity index (χ0n) is 11.6. The zero-order valence-corrected chi connectivity index (χ0v) is 11.6. The van der Waals surface area contributed by atoms with Crippen molar-refractivity contribution in [3.63, 3.8) is 0 Å². The Balaban J connectivity index is 0.00000121. The predicted molar refractivity (Wildman–Crippen MR) is 71.5 cm³/mol. The first-order valence-corrected chi connectivity index (χ1v) is 6.33. The van der Waals surface area contributed by atoms with Crippen LogP contribution in [0.4, 0.5) is 0 Å². The number of rotatable bonds is 4. The van der Waals surface area contributed by atoms with E-state index in [0.717, 1.165) is 12.2 Å². The summed E-state index contributed by atoms with van der Waals surface area (Å²) in [5.74, 6) is 0.233. The molecule has 0 saturated heterocycles. The minimum atomic E-state index is 0.0497. The molecule has 0 radical (unpaired) electrons. The maximum Gasteiger partial charge on any atom is 0.225 e. The van der Waals surface area contributed by atoms with Gasteiger partial charge in [-0.3, -0.25) is 9.78 Å². The van der Waals surface area contributed by atoms with E-state index in [-0.39, 0.29) is 11.8 Å². The molecular weight excluding hydrogens is 212 g/mol. The van der Waals surface area contributed by atoms with E-state index in [1.54, 1.807) is 6.20 Å². The van der Waals surface area contributed by atoms with Crippen molar-refractivity contribution in [1.82, 2.24) is 9.88 Å². The minimum Gasteiger partial charge on any atom is -0.337 e. The number of hydrogen-bond donors (Lipinski definition) is 0. The summed E-state index contributed by atoms with van der Waals surface area (Å²) in [6, 6.07) is 5.76. The molecule has 1 aromatic heterocycles. The Bertz CT molecular complexity index is 309. The molecule has 0 aliphatic heterocycles. The number of aromatic nitrogens is 1. The summed E-state index contributed by atoms with van der Waals surface area (Å²) < 4.78 is 0.